The first-order valence-corrected chi connectivity index (χ1v) is 13.0. The molecule has 0 unspecified atom stereocenters. The predicted molar refractivity (Wildman–Crippen MR) is 136 cm³/mol. The van der Waals surface area contributed by atoms with Crippen molar-refractivity contribution in [2.75, 3.05) is 24.3 Å². The molecule has 34 heavy (non-hydrogen) atoms. The lowest BCUT2D eigenvalue weighted by Gasteiger charge is -2.25. The smallest absolute Gasteiger partial charge is 0.254 e. The summed E-state index contributed by atoms with van der Waals surface area (Å²) in [5.74, 6) is 1.86. The number of hydrogen-bond acceptors (Lipinski definition) is 6. The van der Waals surface area contributed by atoms with E-state index in [4.69, 9.17) is 17.0 Å². The molecule has 0 bridgehead atoms. The Morgan fingerprint density at radius 3 is 2.71 bits per heavy atom. The van der Waals surface area contributed by atoms with Crippen molar-refractivity contribution in [1.29, 1.82) is 0 Å². The number of methoxy groups -OCH3 is 1. The molecule has 182 valence electrons. The van der Waals surface area contributed by atoms with Gasteiger partial charge in [0.1, 0.15) is 10.8 Å². The van der Waals surface area contributed by atoms with Gasteiger partial charge in [-0.1, -0.05) is 0 Å². The number of thiophene rings is 1. The highest BCUT2D eigenvalue weighted by atomic mass is 32.1. The third kappa shape index (κ3) is 5.20. The Balaban J connectivity index is 1.29. The summed E-state index contributed by atoms with van der Waals surface area (Å²) in [5.41, 5.74) is 1.66. The number of rotatable bonds is 8. The van der Waals surface area contributed by atoms with Crippen molar-refractivity contribution in [3.63, 3.8) is 0 Å². The van der Waals surface area contributed by atoms with Crippen LogP contribution in [0.25, 0.3) is 0 Å². The molecule has 2 aromatic rings. The molecular formula is C23H30N6O3S2. The Hall–Kier alpha value is -2.66. The average molecular weight is 503 g/mol. The molecule has 2 fully saturated rings. The first-order valence-electron chi connectivity index (χ1n) is 11.8. The van der Waals surface area contributed by atoms with Crippen molar-refractivity contribution in [2.24, 2.45) is 18.9 Å². The molecule has 0 aliphatic heterocycles. The van der Waals surface area contributed by atoms with Crippen LogP contribution in [0.1, 0.15) is 52.9 Å². The largest absolute Gasteiger partial charge is 0.480 e. The summed E-state index contributed by atoms with van der Waals surface area (Å²) in [4.78, 5) is 26.9. The van der Waals surface area contributed by atoms with Gasteiger partial charge in [-0.2, -0.15) is 0 Å². The van der Waals surface area contributed by atoms with Gasteiger partial charge in [0.25, 0.3) is 5.91 Å². The number of fused-ring (bicyclic) bond motifs is 1. The molecule has 5 rings (SSSR count). The molecule has 2 heterocycles. The molecule has 4 N–H and O–H groups in total. The molecule has 2 aromatic heterocycles. The molecule has 0 radical (unpaired) electrons. The van der Waals surface area contributed by atoms with Gasteiger partial charge in [-0.25, -0.2) is 4.68 Å². The number of amides is 2. The van der Waals surface area contributed by atoms with E-state index < -0.39 is 0 Å². The van der Waals surface area contributed by atoms with Gasteiger partial charge in [0, 0.05) is 36.5 Å². The fraction of sp³-hybridized carbons (Fsp3) is 0.565. The van der Waals surface area contributed by atoms with E-state index in [1.165, 1.54) is 17.7 Å². The van der Waals surface area contributed by atoms with Crippen molar-refractivity contribution >= 4 is 51.3 Å². The second-order valence-corrected chi connectivity index (χ2v) is 10.9. The molecule has 3 aliphatic carbocycles. The van der Waals surface area contributed by atoms with Crippen LogP contribution in [0, 0.1) is 11.8 Å². The maximum absolute atomic E-state index is 13.2. The summed E-state index contributed by atoms with van der Waals surface area (Å²) in [7, 11) is 3.39. The number of hydrogen-bond donors (Lipinski definition) is 4. The molecule has 2 saturated carbocycles. The normalized spacial score (nSPS) is 19.2. The van der Waals surface area contributed by atoms with Crippen molar-refractivity contribution in [3.05, 3.63) is 22.1 Å². The second kappa shape index (κ2) is 9.53. The number of carbonyl (C=O) groups is 2. The zero-order valence-electron chi connectivity index (χ0n) is 19.4. The van der Waals surface area contributed by atoms with Gasteiger partial charge in [0.15, 0.2) is 5.11 Å². The number of nitrogens with one attached hydrogen (secondary N) is 4. The first-order chi connectivity index (χ1) is 16.4. The van der Waals surface area contributed by atoms with Crippen LogP contribution in [0.2, 0.25) is 0 Å². The third-order valence-corrected chi connectivity index (χ3v) is 7.99. The number of carbonyl (C=O) groups excluding carboxylic acids is 2. The lowest BCUT2D eigenvalue weighted by molar-refractivity contribution is -0.117. The minimum Gasteiger partial charge on any atom is -0.480 e. The summed E-state index contributed by atoms with van der Waals surface area (Å²) in [6.07, 6.45) is 6.61. The van der Waals surface area contributed by atoms with Crippen LogP contribution in [0.5, 0.6) is 5.88 Å². The second-order valence-electron chi connectivity index (χ2n) is 9.36. The monoisotopic (exact) mass is 502 g/mol. The van der Waals surface area contributed by atoms with Crippen LogP contribution >= 0.6 is 23.6 Å². The van der Waals surface area contributed by atoms with Crippen LogP contribution < -0.4 is 26.0 Å². The van der Waals surface area contributed by atoms with Gasteiger partial charge >= 0.3 is 0 Å². The maximum Gasteiger partial charge on any atom is 0.254 e. The fourth-order valence-electron chi connectivity index (χ4n) is 4.24. The Bertz CT molecular complexity index is 1120. The molecule has 0 saturated heterocycles. The number of anilines is 2. The Labute approximate surface area is 208 Å². The maximum atomic E-state index is 13.2. The van der Waals surface area contributed by atoms with Gasteiger partial charge in [-0.15, -0.1) is 16.4 Å². The Kier molecular flexibility index (Phi) is 6.48. The molecule has 11 heteroatoms. The van der Waals surface area contributed by atoms with Crippen LogP contribution in [-0.4, -0.2) is 46.4 Å². The van der Waals surface area contributed by atoms with E-state index in [-0.39, 0.29) is 23.8 Å². The minimum absolute atomic E-state index is 0.0292. The van der Waals surface area contributed by atoms with Crippen LogP contribution in [0.4, 0.5) is 10.8 Å². The zero-order valence-corrected chi connectivity index (χ0v) is 21.0. The third-order valence-electron chi connectivity index (χ3n) is 6.56. The van der Waals surface area contributed by atoms with E-state index in [2.05, 4.69) is 26.4 Å². The van der Waals surface area contributed by atoms with Crippen LogP contribution in [0.15, 0.2) is 6.07 Å². The van der Waals surface area contributed by atoms with Gasteiger partial charge < -0.3 is 26.0 Å². The summed E-state index contributed by atoms with van der Waals surface area (Å²) >= 11 is 7.09. The van der Waals surface area contributed by atoms with Crippen molar-refractivity contribution < 1.29 is 14.3 Å². The number of ether oxygens (including phenoxy) is 1. The van der Waals surface area contributed by atoms with Gasteiger partial charge in [0.2, 0.25) is 11.8 Å². The molecule has 9 nitrogen and oxygen atoms in total. The molecular weight excluding hydrogens is 472 g/mol. The first kappa shape index (κ1) is 23.1. The highest BCUT2D eigenvalue weighted by Gasteiger charge is 2.34. The summed E-state index contributed by atoms with van der Waals surface area (Å²) in [6.45, 7) is 0.698. The Morgan fingerprint density at radius 2 is 2.03 bits per heavy atom. The SMILES string of the molecule is COc1cc(NC(=S)N[C@H]2CCc3sc(NC(=O)C4CC4)c(C(=O)NCC4CC4)c3C2)n(C)n1. The van der Waals surface area contributed by atoms with Gasteiger partial charge in [-0.3, -0.25) is 9.59 Å². The lowest BCUT2D eigenvalue weighted by atomic mass is 9.91. The highest BCUT2D eigenvalue weighted by molar-refractivity contribution is 7.80. The quantitative estimate of drug-likeness (QED) is 0.411. The number of aromatic nitrogens is 2. The summed E-state index contributed by atoms with van der Waals surface area (Å²) in [6, 6.07) is 1.86. The molecule has 0 spiro atoms. The molecule has 1 atom stereocenters. The van der Waals surface area contributed by atoms with Crippen LogP contribution in [0.3, 0.4) is 0 Å². The van der Waals surface area contributed by atoms with Crippen LogP contribution in [-0.2, 0) is 24.7 Å². The number of thiocarbonyl (C=S) groups is 1. The van der Waals surface area contributed by atoms with Crippen molar-refractivity contribution in [1.82, 2.24) is 20.4 Å². The van der Waals surface area contributed by atoms with E-state index in [0.717, 1.165) is 37.1 Å². The molecule has 3 aliphatic rings. The highest BCUT2D eigenvalue weighted by Crippen LogP contribution is 2.40. The van der Waals surface area contributed by atoms with E-state index in [0.29, 0.717) is 40.4 Å². The average Bonchev–Trinajstić information content (AvgIpc) is 3.73. The van der Waals surface area contributed by atoms with Crippen molar-refractivity contribution in [2.45, 2.75) is 51.0 Å². The fourth-order valence-corrected chi connectivity index (χ4v) is 5.75. The van der Waals surface area contributed by atoms with Crippen molar-refractivity contribution in [3.8, 4) is 5.88 Å². The van der Waals surface area contributed by atoms with E-state index in [1.54, 1.807) is 29.2 Å². The summed E-state index contributed by atoms with van der Waals surface area (Å²) in [5, 5.41) is 18.1. The predicted octanol–water partition coefficient (Wildman–Crippen LogP) is 2.82. The lowest BCUT2D eigenvalue weighted by Crippen LogP contribution is -2.41. The zero-order chi connectivity index (χ0) is 23.8. The van der Waals surface area contributed by atoms with E-state index in [9.17, 15) is 9.59 Å². The Morgan fingerprint density at radius 1 is 1.24 bits per heavy atom. The standard InChI is InChI=1S/C23H30N6O3S2/c1-29-17(10-18(28-29)32-2)26-23(33)25-14-7-8-16-15(9-14)19(21(31)24-11-12-3-4-12)22(34-16)27-20(30)13-5-6-13/h10,12-14H,3-9,11H2,1-2H3,(H,24,31)(H,27,30)(H2,25,26,33)/t14-/m0/s1. The molecule has 0 aromatic carbocycles. The van der Waals surface area contributed by atoms with Gasteiger partial charge in [0.05, 0.1) is 12.7 Å². The topological polar surface area (TPSA) is 109 Å². The summed E-state index contributed by atoms with van der Waals surface area (Å²) < 4.78 is 6.83. The number of nitrogens with zero attached hydrogens (tertiary/aromatic N) is 2. The van der Waals surface area contributed by atoms with Gasteiger partial charge in [-0.05, 0) is 68.6 Å². The van der Waals surface area contributed by atoms with E-state index in [1.807, 2.05) is 7.05 Å². The van der Waals surface area contributed by atoms with E-state index >= 15 is 0 Å². The number of aryl methyl sites for hydroxylation is 2. The minimum atomic E-state index is -0.0844. The molecule has 2 amide bonds.